The molecule has 0 aliphatic carbocycles. The lowest BCUT2D eigenvalue weighted by Crippen LogP contribution is -2.31. The molecule has 0 fully saturated rings. The highest BCUT2D eigenvalue weighted by Crippen LogP contribution is 2.26. The van der Waals surface area contributed by atoms with E-state index in [1.807, 2.05) is 6.92 Å². The molecular formula is C13H13NO4. The van der Waals surface area contributed by atoms with Crippen LogP contribution >= 0.6 is 0 Å². The largest absolute Gasteiger partial charge is 0.504 e. The van der Waals surface area contributed by atoms with Gasteiger partial charge in [-0.05, 0) is 30.7 Å². The van der Waals surface area contributed by atoms with Crippen LogP contribution in [0.15, 0.2) is 27.5 Å². The molecule has 1 heterocycles. The van der Waals surface area contributed by atoms with Gasteiger partial charge >= 0.3 is 5.63 Å². The van der Waals surface area contributed by atoms with Crippen molar-refractivity contribution in [3.05, 3.63) is 44.8 Å². The van der Waals surface area contributed by atoms with Gasteiger partial charge in [-0.2, -0.15) is 0 Å². The summed E-state index contributed by atoms with van der Waals surface area (Å²) in [7, 11) is 0. The number of benzene rings is 1. The first-order chi connectivity index (χ1) is 8.61. The van der Waals surface area contributed by atoms with Crippen molar-refractivity contribution in [2.24, 2.45) is 0 Å². The minimum absolute atomic E-state index is 0.0601. The van der Waals surface area contributed by atoms with E-state index in [2.05, 4.69) is 16.3 Å². The number of nitrogens with one attached hydrogen (secondary N) is 1. The van der Waals surface area contributed by atoms with E-state index in [0.29, 0.717) is 28.5 Å². The van der Waals surface area contributed by atoms with E-state index in [4.69, 9.17) is 4.74 Å². The molecule has 94 valence electrons. The van der Waals surface area contributed by atoms with Crippen LogP contribution in [0.1, 0.15) is 12.5 Å². The summed E-state index contributed by atoms with van der Waals surface area (Å²) in [5.74, 6) is 0.432. The molecule has 5 heteroatoms. The Morgan fingerprint density at radius 1 is 1.56 bits per heavy atom. The fraction of sp³-hybridized carbons (Fsp3) is 0.154. The summed E-state index contributed by atoms with van der Waals surface area (Å²) in [5.41, 5.74) is 0.235. The second kappa shape index (κ2) is 4.83. The highest BCUT2D eigenvalue weighted by atomic mass is 16.5. The summed E-state index contributed by atoms with van der Waals surface area (Å²) in [6, 6.07) is 4.82. The molecule has 0 amide bonds. The van der Waals surface area contributed by atoms with Crippen LogP contribution in [0.3, 0.4) is 0 Å². The number of rotatable bonds is 3. The minimum atomic E-state index is -0.481. The molecule has 0 aliphatic heterocycles. The van der Waals surface area contributed by atoms with E-state index in [1.165, 1.54) is 6.07 Å². The van der Waals surface area contributed by atoms with Gasteiger partial charge < -0.3 is 14.4 Å². The van der Waals surface area contributed by atoms with Crippen molar-refractivity contribution < 1.29 is 14.4 Å². The molecule has 18 heavy (non-hydrogen) atoms. The van der Waals surface area contributed by atoms with Crippen LogP contribution in [0.2, 0.25) is 0 Å². The molecule has 0 aliphatic rings. The lowest BCUT2D eigenvalue weighted by Gasteiger charge is -2.05. The molecule has 2 rings (SSSR count). The third-order valence-electron chi connectivity index (χ3n) is 2.41. The summed E-state index contributed by atoms with van der Waals surface area (Å²) in [5, 5.41) is 12.7. The maximum Gasteiger partial charge on any atom is 0.365 e. The summed E-state index contributed by atoms with van der Waals surface area (Å²) in [4.78, 5) is 11.4. The van der Waals surface area contributed by atoms with Crippen LogP contribution in [-0.4, -0.2) is 16.9 Å². The normalized spacial score (nSPS) is 11.7. The number of aromatic amines is 1. The lowest BCUT2D eigenvalue weighted by atomic mass is 10.1. The zero-order chi connectivity index (χ0) is 13.1. The fourth-order valence-electron chi connectivity index (χ4n) is 1.55. The third-order valence-corrected chi connectivity index (χ3v) is 2.41. The number of aromatic hydroxyl groups is 1. The first-order valence-electron chi connectivity index (χ1n) is 5.45. The summed E-state index contributed by atoms with van der Waals surface area (Å²) < 4.78 is 9.88. The van der Waals surface area contributed by atoms with Crippen molar-refractivity contribution in [1.82, 2.24) is 5.16 Å². The zero-order valence-corrected chi connectivity index (χ0v) is 9.90. The lowest BCUT2D eigenvalue weighted by molar-refractivity contribution is 0.318. The topological polar surface area (TPSA) is 75.5 Å². The highest BCUT2D eigenvalue weighted by molar-refractivity contribution is 5.55. The molecule has 0 bridgehead atoms. The summed E-state index contributed by atoms with van der Waals surface area (Å²) in [6.45, 7) is 5.93. The Kier molecular flexibility index (Phi) is 3.23. The molecule has 1 aromatic heterocycles. The number of ether oxygens (including phenoxy) is 1. The molecule has 0 unspecified atom stereocenters. The van der Waals surface area contributed by atoms with E-state index in [9.17, 15) is 9.90 Å². The number of hydrogen-bond acceptors (Lipinski definition) is 4. The number of H-pyrrole nitrogens is 1. The van der Waals surface area contributed by atoms with Gasteiger partial charge in [0.05, 0.1) is 17.2 Å². The van der Waals surface area contributed by atoms with E-state index in [-0.39, 0.29) is 5.75 Å². The highest BCUT2D eigenvalue weighted by Gasteiger charge is 2.03. The maximum absolute atomic E-state index is 11.4. The van der Waals surface area contributed by atoms with E-state index in [1.54, 1.807) is 18.2 Å². The van der Waals surface area contributed by atoms with Gasteiger partial charge in [-0.25, -0.2) is 9.95 Å². The van der Waals surface area contributed by atoms with Gasteiger partial charge in [0, 0.05) is 0 Å². The monoisotopic (exact) mass is 247 g/mol. The smallest absolute Gasteiger partial charge is 0.365 e. The van der Waals surface area contributed by atoms with Crippen LogP contribution in [0.4, 0.5) is 0 Å². The molecule has 0 saturated carbocycles. The minimum Gasteiger partial charge on any atom is -0.504 e. The van der Waals surface area contributed by atoms with E-state index >= 15 is 0 Å². The molecule has 2 aromatic rings. The molecule has 5 nitrogen and oxygen atoms in total. The number of phenols is 1. The van der Waals surface area contributed by atoms with Crippen LogP contribution in [-0.2, 0) is 0 Å². The summed E-state index contributed by atoms with van der Waals surface area (Å²) >= 11 is 0. The van der Waals surface area contributed by atoms with Crippen molar-refractivity contribution >= 4 is 12.7 Å². The Morgan fingerprint density at radius 2 is 2.33 bits per heavy atom. The second-order valence-electron chi connectivity index (χ2n) is 3.69. The Bertz CT molecular complexity index is 681. The molecule has 0 spiro atoms. The number of aromatic nitrogens is 1. The second-order valence-corrected chi connectivity index (χ2v) is 3.69. The SMILES string of the molecule is C=c1[nH]oc(=O)c1=Cc1ccc(O)c(OCC)c1. The van der Waals surface area contributed by atoms with Gasteiger partial charge in [0.25, 0.3) is 0 Å². The predicted octanol–water partition coefficient (Wildman–Crippen LogP) is 0.311. The average molecular weight is 247 g/mol. The first kappa shape index (κ1) is 12.0. The Labute approximate surface area is 103 Å². The first-order valence-corrected chi connectivity index (χ1v) is 5.45. The molecule has 1 aromatic carbocycles. The van der Waals surface area contributed by atoms with E-state index in [0.717, 1.165) is 0 Å². The van der Waals surface area contributed by atoms with Crippen LogP contribution in [0, 0.1) is 0 Å². The van der Waals surface area contributed by atoms with Crippen LogP contribution < -0.4 is 20.9 Å². The molecular weight excluding hydrogens is 234 g/mol. The van der Waals surface area contributed by atoms with Crippen LogP contribution in [0.25, 0.3) is 12.7 Å². The van der Waals surface area contributed by atoms with Crippen molar-refractivity contribution in [3.8, 4) is 11.5 Å². The predicted molar refractivity (Wildman–Crippen MR) is 66.9 cm³/mol. The van der Waals surface area contributed by atoms with Gasteiger partial charge in [-0.1, -0.05) is 12.6 Å². The average Bonchev–Trinajstić information content (AvgIpc) is 2.65. The maximum atomic E-state index is 11.4. The number of phenolic OH excluding ortho intramolecular Hbond substituents is 1. The number of hydrogen-bond donors (Lipinski definition) is 2. The van der Waals surface area contributed by atoms with Gasteiger partial charge in [-0.3, -0.25) is 0 Å². The van der Waals surface area contributed by atoms with Gasteiger partial charge in [0.2, 0.25) is 0 Å². The van der Waals surface area contributed by atoms with Gasteiger partial charge in [0.15, 0.2) is 11.5 Å². The summed E-state index contributed by atoms with van der Waals surface area (Å²) in [6.07, 6.45) is 1.62. The Morgan fingerprint density at radius 3 is 2.94 bits per heavy atom. The molecule has 0 atom stereocenters. The zero-order valence-electron chi connectivity index (χ0n) is 9.90. The van der Waals surface area contributed by atoms with Crippen LogP contribution in [0.5, 0.6) is 11.5 Å². The molecule has 0 saturated heterocycles. The molecule has 0 radical (unpaired) electrons. The fourth-order valence-corrected chi connectivity index (χ4v) is 1.55. The Balaban J connectivity index is 2.54. The standard InChI is InChI=1S/C13H13NO4/c1-3-17-12-7-9(4-5-11(12)15)6-10-8(2)14-18-13(10)16/h4-7,14-15H,2-3H2,1H3. The van der Waals surface area contributed by atoms with Gasteiger partial charge in [-0.15, -0.1) is 0 Å². The quantitative estimate of drug-likeness (QED) is 0.818. The van der Waals surface area contributed by atoms with Crippen molar-refractivity contribution in [2.75, 3.05) is 6.61 Å². The van der Waals surface area contributed by atoms with Crippen molar-refractivity contribution in [2.45, 2.75) is 6.92 Å². The van der Waals surface area contributed by atoms with E-state index < -0.39 is 5.63 Å². The third kappa shape index (κ3) is 2.29. The van der Waals surface area contributed by atoms with Gasteiger partial charge in [0.1, 0.15) is 0 Å². The van der Waals surface area contributed by atoms with Crippen molar-refractivity contribution in [1.29, 1.82) is 0 Å². The molecule has 2 N–H and O–H groups in total. The Hall–Kier alpha value is -2.43. The van der Waals surface area contributed by atoms with Crippen molar-refractivity contribution in [3.63, 3.8) is 0 Å².